The summed E-state index contributed by atoms with van der Waals surface area (Å²) in [6.07, 6.45) is 0.762. The Labute approximate surface area is 136 Å². The van der Waals surface area contributed by atoms with Crippen LogP contribution in [-0.4, -0.2) is 29.1 Å². The van der Waals surface area contributed by atoms with Crippen molar-refractivity contribution < 1.29 is 9.53 Å². The Hall–Kier alpha value is -0.390. The van der Waals surface area contributed by atoms with E-state index < -0.39 is 5.54 Å². The van der Waals surface area contributed by atoms with Gasteiger partial charge >= 0.3 is 5.97 Å². The van der Waals surface area contributed by atoms with E-state index in [9.17, 15) is 4.79 Å². The Balaban J connectivity index is 2.28. The van der Waals surface area contributed by atoms with Gasteiger partial charge in [0, 0.05) is 15.4 Å². The molecule has 110 valence electrons. The molecule has 1 heterocycles. The van der Waals surface area contributed by atoms with Gasteiger partial charge in [-0.3, -0.25) is 0 Å². The first kappa shape index (κ1) is 16.0. The fourth-order valence-electron chi connectivity index (χ4n) is 2.32. The normalized spacial score (nSPS) is 25.5. The first-order valence-corrected chi connectivity index (χ1v) is 8.73. The van der Waals surface area contributed by atoms with Crippen LogP contribution in [0.3, 0.4) is 0 Å². The first-order chi connectivity index (χ1) is 9.49. The van der Waals surface area contributed by atoms with Gasteiger partial charge in [-0.15, -0.1) is 0 Å². The zero-order valence-corrected chi connectivity index (χ0v) is 14.6. The summed E-state index contributed by atoms with van der Waals surface area (Å²) in [5, 5.41) is 4.18. The van der Waals surface area contributed by atoms with E-state index in [0.29, 0.717) is 11.6 Å². The maximum absolute atomic E-state index is 12.4. The molecule has 1 aliphatic heterocycles. The average molecular weight is 379 g/mol. The van der Waals surface area contributed by atoms with Gasteiger partial charge in [0.2, 0.25) is 0 Å². The van der Waals surface area contributed by atoms with Crippen molar-refractivity contribution in [1.82, 2.24) is 0 Å². The molecule has 0 radical (unpaired) electrons. The van der Waals surface area contributed by atoms with E-state index in [1.165, 1.54) is 0 Å². The highest BCUT2D eigenvalue weighted by Crippen LogP contribution is 2.40. The van der Waals surface area contributed by atoms with Gasteiger partial charge < -0.3 is 10.1 Å². The minimum absolute atomic E-state index is 0.163. The van der Waals surface area contributed by atoms with Crippen LogP contribution in [0, 0.1) is 0 Å². The van der Waals surface area contributed by atoms with Crippen LogP contribution < -0.4 is 5.32 Å². The standard InChI is InChI=1S/C14H17BrClNO2S/c1-3-19-13(18)14(6-7-20-9(14)2)17-10-4-5-12(16)11(15)8-10/h4-5,8-9,17H,3,6-7H2,1-2H3. The molecule has 1 aliphatic rings. The molecule has 0 spiro atoms. The molecule has 2 unspecified atom stereocenters. The molecule has 0 aromatic heterocycles. The summed E-state index contributed by atoms with van der Waals surface area (Å²) >= 11 is 11.2. The van der Waals surface area contributed by atoms with E-state index in [-0.39, 0.29) is 11.2 Å². The second-order valence-corrected chi connectivity index (χ2v) is 7.42. The maximum atomic E-state index is 12.4. The second-order valence-electron chi connectivity index (χ2n) is 4.71. The zero-order chi connectivity index (χ0) is 14.8. The summed E-state index contributed by atoms with van der Waals surface area (Å²) in [6.45, 7) is 4.29. The van der Waals surface area contributed by atoms with Crippen molar-refractivity contribution >= 4 is 50.9 Å². The lowest BCUT2D eigenvalue weighted by Gasteiger charge is -2.32. The molecule has 1 aromatic carbocycles. The molecule has 0 saturated carbocycles. The van der Waals surface area contributed by atoms with Crippen LogP contribution in [-0.2, 0) is 9.53 Å². The van der Waals surface area contributed by atoms with E-state index in [1.54, 1.807) is 17.8 Å². The minimum atomic E-state index is -0.659. The Kier molecular flexibility index (Phi) is 5.26. The van der Waals surface area contributed by atoms with Crippen molar-refractivity contribution in [1.29, 1.82) is 0 Å². The quantitative estimate of drug-likeness (QED) is 0.791. The molecule has 20 heavy (non-hydrogen) atoms. The fraction of sp³-hybridized carbons (Fsp3) is 0.500. The number of carbonyl (C=O) groups excluding carboxylic acids is 1. The lowest BCUT2D eigenvalue weighted by molar-refractivity contribution is -0.148. The van der Waals surface area contributed by atoms with Gasteiger partial charge in [-0.25, -0.2) is 4.79 Å². The lowest BCUT2D eigenvalue weighted by Crippen LogP contribution is -2.51. The molecule has 6 heteroatoms. The molecular formula is C14H17BrClNO2S. The van der Waals surface area contributed by atoms with Crippen LogP contribution in [0.4, 0.5) is 5.69 Å². The molecule has 1 aromatic rings. The monoisotopic (exact) mass is 377 g/mol. The molecule has 0 amide bonds. The van der Waals surface area contributed by atoms with Crippen molar-refractivity contribution in [2.75, 3.05) is 17.7 Å². The first-order valence-electron chi connectivity index (χ1n) is 6.51. The zero-order valence-electron chi connectivity index (χ0n) is 11.4. The summed E-state index contributed by atoms with van der Waals surface area (Å²) in [5.41, 5.74) is 0.206. The van der Waals surface area contributed by atoms with Gasteiger partial charge in [0.1, 0.15) is 5.54 Å². The number of thioether (sulfide) groups is 1. The average Bonchev–Trinajstić information content (AvgIpc) is 2.77. The van der Waals surface area contributed by atoms with Crippen molar-refractivity contribution in [3.63, 3.8) is 0 Å². The van der Waals surface area contributed by atoms with Gasteiger partial charge in [-0.2, -0.15) is 11.8 Å². The number of carbonyl (C=O) groups is 1. The van der Waals surface area contributed by atoms with E-state index in [4.69, 9.17) is 16.3 Å². The van der Waals surface area contributed by atoms with E-state index in [0.717, 1.165) is 22.3 Å². The summed E-state index contributed by atoms with van der Waals surface area (Å²) in [5.74, 6) is 0.769. The van der Waals surface area contributed by atoms with Gasteiger partial charge in [0.05, 0.1) is 11.6 Å². The van der Waals surface area contributed by atoms with Crippen LogP contribution in [0.1, 0.15) is 20.3 Å². The third-order valence-corrected chi connectivity index (χ3v) is 6.04. The van der Waals surface area contributed by atoms with Gasteiger partial charge in [0.25, 0.3) is 0 Å². The summed E-state index contributed by atoms with van der Waals surface area (Å²) in [7, 11) is 0. The van der Waals surface area contributed by atoms with E-state index >= 15 is 0 Å². The number of anilines is 1. The highest BCUT2D eigenvalue weighted by atomic mass is 79.9. The molecule has 1 saturated heterocycles. The van der Waals surface area contributed by atoms with Crippen LogP contribution >= 0.6 is 39.3 Å². The van der Waals surface area contributed by atoms with Crippen LogP contribution in [0.5, 0.6) is 0 Å². The molecular weight excluding hydrogens is 362 g/mol. The molecule has 1 fully saturated rings. The molecule has 3 nitrogen and oxygen atoms in total. The highest BCUT2D eigenvalue weighted by Gasteiger charge is 2.48. The smallest absolute Gasteiger partial charge is 0.332 e. The summed E-state index contributed by atoms with van der Waals surface area (Å²) < 4.78 is 6.08. The predicted octanol–water partition coefficient (Wildman–Crippen LogP) is 4.34. The number of benzene rings is 1. The van der Waals surface area contributed by atoms with Gasteiger partial charge in [-0.1, -0.05) is 18.5 Å². The van der Waals surface area contributed by atoms with E-state index in [2.05, 4.69) is 28.2 Å². The molecule has 1 N–H and O–H groups in total. The fourth-order valence-corrected chi connectivity index (χ4v) is 4.16. The maximum Gasteiger partial charge on any atom is 0.332 e. The Morgan fingerprint density at radius 1 is 1.65 bits per heavy atom. The van der Waals surface area contributed by atoms with Crippen molar-refractivity contribution in [3.8, 4) is 0 Å². The van der Waals surface area contributed by atoms with Crippen LogP contribution in [0.2, 0.25) is 5.02 Å². The van der Waals surface area contributed by atoms with Crippen LogP contribution in [0.25, 0.3) is 0 Å². The van der Waals surface area contributed by atoms with Gasteiger partial charge in [-0.05, 0) is 53.2 Å². The molecule has 0 bridgehead atoms. The second kappa shape index (κ2) is 6.58. The van der Waals surface area contributed by atoms with Crippen molar-refractivity contribution in [3.05, 3.63) is 27.7 Å². The number of nitrogens with one attached hydrogen (secondary N) is 1. The topological polar surface area (TPSA) is 38.3 Å². The SMILES string of the molecule is CCOC(=O)C1(Nc2ccc(Cl)c(Br)c2)CCSC1C. The number of ether oxygens (including phenoxy) is 1. The Morgan fingerprint density at radius 2 is 2.40 bits per heavy atom. The third-order valence-electron chi connectivity index (χ3n) is 3.48. The number of hydrogen-bond donors (Lipinski definition) is 1. The minimum Gasteiger partial charge on any atom is -0.464 e. The largest absolute Gasteiger partial charge is 0.464 e. The molecule has 2 rings (SSSR count). The number of rotatable bonds is 4. The number of halogens is 2. The Morgan fingerprint density at radius 3 is 2.95 bits per heavy atom. The van der Waals surface area contributed by atoms with Gasteiger partial charge in [0.15, 0.2) is 0 Å². The number of hydrogen-bond acceptors (Lipinski definition) is 4. The van der Waals surface area contributed by atoms with E-state index in [1.807, 2.05) is 19.1 Å². The van der Waals surface area contributed by atoms with Crippen molar-refractivity contribution in [2.24, 2.45) is 0 Å². The summed E-state index contributed by atoms with van der Waals surface area (Å²) in [6, 6.07) is 5.57. The Bertz CT molecular complexity index is 514. The predicted molar refractivity (Wildman–Crippen MR) is 88.7 cm³/mol. The van der Waals surface area contributed by atoms with Crippen molar-refractivity contribution in [2.45, 2.75) is 31.1 Å². The molecule has 2 atom stereocenters. The van der Waals surface area contributed by atoms with Crippen LogP contribution in [0.15, 0.2) is 22.7 Å². The third kappa shape index (κ3) is 3.10. The molecule has 0 aliphatic carbocycles. The number of esters is 1. The highest BCUT2D eigenvalue weighted by molar-refractivity contribution is 9.10. The lowest BCUT2D eigenvalue weighted by atomic mass is 9.92. The summed E-state index contributed by atoms with van der Waals surface area (Å²) in [4.78, 5) is 12.4.